The van der Waals surface area contributed by atoms with E-state index in [1.54, 1.807) is 9.80 Å². The second kappa shape index (κ2) is 3.89. The SMILES string of the molecule is C=[N+]1c2ccccc2[N-]N1c1ccc(Br)cc1. The Balaban J connectivity index is 1.99. The Morgan fingerprint density at radius 1 is 1.06 bits per heavy atom. The molecule has 84 valence electrons. The van der Waals surface area contributed by atoms with E-state index < -0.39 is 0 Å². The number of nitrogens with zero attached hydrogens (tertiary/aromatic N) is 3. The first-order chi connectivity index (χ1) is 8.25. The summed E-state index contributed by atoms with van der Waals surface area (Å²) < 4.78 is 2.84. The topological polar surface area (TPSA) is 20.4 Å². The number of fused-ring (bicyclic) bond motifs is 1. The summed E-state index contributed by atoms with van der Waals surface area (Å²) in [6.45, 7) is 4.01. The normalized spacial score (nSPS) is 13.5. The van der Waals surface area contributed by atoms with Crippen molar-refractivity contribution in [2.45, 2.75) is 0 Å². The molecule has 1 aliphatic rings. The average Bonchev–Trinajstić information content (AvgIpc) is 2.69. The maximum atomic E-state index is 4.51. The standard InChI is InChI=1S/C13H10BrN3/c1-16-13-5-3-2-4-12(13)15-17(16)11-8-6-10(14)7-9-11/h2-9H,1H2. The predicted molar refractivity (Wildman–Crippen MR) is 73.1 cm³/mol. The van der Waals surface area contributed by atoms with Crippen molar-refractivity contribution in [1.29, 1.82) is 0 Å². The van der Waals surface area contributed by atoms with Crippen molar-refractivity contribution in [2.75, 3.05) is 5.12 Å². The van der Waals surface area contributed by atoms with E-state index in [-0.39, 0.29) is 0 Å². The van der Waals surface area contributed by atoms with Crippen LogP contribution in [0.1, 0.15) is 0 Å². The van der Waals surface area contributed by atoms with Crippen LogP contribution in [0.3, 0.4) is 0 Å². The molecule has 0 saturated heterocycles. The first-order valence-electron chi connectivity index (χ1n) is 5.22. The highest BCUT2D eigenvalue weighted by Crippen LogP contribution is 2.42. The lowest BCUT2D eigenvalue weighted by Gasteiger charge is -2.24. The molecule has 17 heavy (non-hydrogen) atoms. The quantitative estimate of drug-likeness (QED) is 0.722. The van der Waals surface area contributed by atoms with Gasteiger partial charge >= 0.3 is 0 Å². The zero-order valence-corrected chi connectivity index (χ0v) is 10.6. The third-order valence-electron chi connectivity index (χ3n) is 2.65. The summed E-state index contributed by atoms with van der Waals surface area (Å²) in [4.78, 5) is 0. The van der Waals surface area contributed by atoms with E-state index in [9.17, 15) is 0 Å². The maximum absolute atomic E-state index is 4.51. The fraction of sp³-hybridized carbons (Fsp3) is 0. The first-order valence-corrected chi connectivity index (χ1v) is 6.02. The third kappa shape index (κ3) is 1.70. The highest BCUT2D eigenvalue weighted by atomic mass is 79.9. The summed E-state index contributed by atoms with van der Waals surface area (Å²) in [7, 11) is 0. The van der Waals surface area contributed by atoms with E-state index in [1.807, 2.05) is 48.5 Å². The second-order valence-electron chi connectivity index (χ2n) is 3.75. The van der Waals surface area contributed by atoms with E-state index >= 15 is 0 Å². The van der Waals surface area contributed by atoms with Gasteiger partial charge in [-0.25, -0.2) is 5.12 Å². The van der Waals surface area contributed by atoms with Crippen LogP contribution >= 0.6 is 15.9 Å². The summed E-state index contributed by atoms with van der Waals surface area (Å²) in [5.74, 6) is 0. The number of para-hydroxylation sites is 1. The van der Waals surface area contributed by atoms with Gasteiger partial charge in [0.2, 0.25) is 5.69 Å². The largest absolute Gasteiger partial charge is 0.531 e. The molecule has 0 spiro atoms. The van der Waals surface area contributed by atoms with Gasteiger partial charge < -0.3 is 5.43 Å². The fourth-order valence-electron chi connectivity index (χ4n) is 1.80. The van der Waals surface area contributed by atoms with E-state index in [0.29, 0.717) is 0 Å². The number of hydrogen-bond acceptors (Lipinski definition) is 1. The maximum Gasteiger partial charge on any atom is 0.220 e. The zero-order chi connectivity index (χ0) is 11.8. The molecule has 2 aromatic carbocycles. The third-order valence-corrected chi connectivity index (χ3v) is 3.18. The Hall–Kier alpha value is -1.81. The Morgan fingerprint density at radius 2 is 1.76 bits per heavy atom. The molecule has 0 radical (unpaired) electrons. The van der Waals surface area contributed by atoms with Crippen molar-refractivity contribution >= 4 is 39.7 Å². The number of rotatable bonds is 1. The van der Waals surface area contributed by atoms with E-state index in [2.05, 4.69) is 28.1 Å². The summed E-state index contributed by atoms with van der Waals surface area (Å²) in [5, 5.41) is 1.79. The van der Waals surface area contributed by atoms with E-state index in [0.717, 1.165) is 21.5 Å². The Kier molecular flexibility index (Phi) is 2.37. The average molecular weight is 288 g/mol. The minimum absolute atomic E-state index is 0.936. The molecule has 1 aliphatic heterocycles. The van der Waals surface area contributed by atoms with Crippen molar-refractivity contribution in [2.24, 2.45) is 0 Å². The van der Waals surface area contributed by atoms with Gasteiger partial charge in [0.25, 0.3) is 0 Å². The number of anilines is 1. The van der Waals surface area contributed by atoms with Gasteiger partial charge in [0, 0.05) is 10.5 Å². The van der Waals surface area contributed by atoms with Gasteiger partial charge in [-0.05, 0) is 30.0 Å². The molecule has 0 saturated carbocycles. The van der Waals surface area contributed by atoms with Crippen molar-refractivity contribution in [1.82, 2.24) is 0 Å². The van der Waals surface area contributed by atoms with Crippen molar-refractivity contribution in [3.05, 3.63) is 58.4 Å². The summed E-state index contributed by atoms with van der Waals surface area (Å²) in [5.41, 5.74) is 7.44. The summed E-state index contributed by atoms with van der Waals surface area (Å²) >= 11 is 3.42. The number of hydrogen-bond donors (Lipinski definition) is 0. The first kappa shape index (κ1) is 10.4. The molecule has 0 unspecified atom stereocenters. The molecule has 0 fully saturated rings. The number of benzene rings is 2. The molecule has 1 heterocycles. The van der Waals surface area contributed by atoms with Crippen LogP contribution < -0.4 is 5.12 Å². The highest BCUT2D eigenvalue weighted by molar-refractivity contribution is 9.10. The lowest BCUT2D eigenvalue weighted by Crippen LogP contribution is -2.20. The molecule has 2 aromatic rings. The minimum Gasteiger partial charge on any atom is -0.531 e. The summed E-state index contributed by atoms with van der Waals surface area (Å²) in [6, 6.07) is 15.9. The predicted octanol–water partition coefficient (Wildman–Crippen LogP) is 4.15. The minimum atomic E-state index is 0.936. The van der Waals surface area contributed by atoms with Crippen LogP contribution in [-0.2, 0) is 0 Å². The molecule has 0 aliphatic carbocycles. The highest BCUT2D eigenvalue weighted by Gasteiger charge is 2.20. The van der Waals surface area contributed by atoms with Crippen LogP contribution in [0.15, 0.2) is 53.0 Å². The molecule has 3 rings (SSSR count). The Morgan fingerprint density at radius 3 is 2.47 bits per heavy atom. The molecule has 0 atom stereocenters. The van der Waals surface area contributed by atoms with Crippen LogP contribution in [0.25, 0.3) is 5.43 Å². The van der Waals surface area contributed by atoms with E-state index in [1.165, 1.54) is 0 Å². The summed E-state index contributed by atoms with van der Waals surface area (Å²) in [6.07, 6.45) is 0. The number of halogens is 1. The molecular formula is C13H10BrN3. The molecule has 0 aromatic heterocycles. The zero-order valence-electron chi connectivity index (χ0n) is 9.05. The van der Waals surface area contributed by atoms with Gasteiger partial charge in [-0.15, -0.1) is 0 Å². The van der Waals surface area contributed by atoms with Crippen LogP contribution in [0.5, 0.6) is 0 Å². The molecule has 0 amide bonds. The van der Waals surface area contributed by atoms with Crippen LogP contribution in [0.4, 0.5) is 17.1 Å². The van der Waals surface area contributed by atoms with Crippen molar-refractivity contribution in [3.63, 3.8) is 0 Å². The van der Waals surface area contributed by atoms with Gasteiger partial charge in [0.1, 0.15) is 0 Å². The monoisotopic (exact) mass is 287 g/mol. The molecule has 0 bridgehead atoms. The fourth-order valence-corrected chi connectivity index (χ4v) is 2.06. The van der Waals surface area contributed by atoms with Gasteiger partial charge in [0.15, 0.2) is 6.72 Å². The Labute approximate surface area is 108 Å². The van der Waals surface area contributed by atoms with Gasteiger partial charge in [-0.2, -0.15) is 0 Å². The van der Waals surface area contributed by atoms with E-state index in [4.69, 9.17) is 0 Å². The molecular weight excluding hydrogens is 278 g/mol. The lowest BCUT2D eigenvalue weighted by molar-refractivity contribution is -0.430. The van der Waals surface area contributed by atoms with Crippen LogP contribution in [0, 0.1) is 0 Å². The second-order valence-corrected chi connectivity index (χ2v) is 4.67. The van der Waals surface area contributed by atoms with Crippen molar-refractivity contribution < 1.29 is 4.68 Å². The lowest BCUT2D eigenvalue weighted by atomic mass is 10.3. The molecule has 4 heteroatoms. The smallest absolute Gasteiger partial charge is 0.220 e. The van der Waals surface area contributed by atoms with Crippen LogP contribution in [0.2, 0.25) is 0 Å². The van der Waals surface area contributed by atoms with Gasteiger partial charge in [0.05, 0.1) is 5.69 Å². The van der Waals surface area contributed by atoms with Crippen molar-refractivity contribution in [3.8, 4) is 0 Å². The molecule has 0 N–H and O–H groups in total. The molecule has 3 nitrogen and oxygen atoms in total. The van der Waals surface area contributed by atoms with Crippen LogP contribution in [-0.4, -0.2) is 11.4 Å². The van der Waals surface area contributed by atoms with Gasteiger partial charge in [-0.1, -0.05) is 38.8 Å². The van der Waals surface area contributed by atoms with Gasteiger partial charge in [-0.3, -0.25) is 0 Å². The number of hydrazone groups is 1. The number of hydrazine groups is 1. The Bertz CT molecular complexity index is 577.